The maximum absolute atomic E-state index is 7.49. The Morgan fingerprint density at radius 2 is 0.477 bits per heavy atom. The molecule has 4 N–H and O–H groups in total. The van der Waals surface area contributed by atoms with Crippen LogP contribution >= 0.6 is 139 Å². The summed E-state index contributed by atoms with van der Waals surface area (Å²) in [6, 6.07) is 25.0. The van der Waals surface area contributed by atoms with Crippen molar-refractivity contribution in [2.24, 2.45) is 11.5 Å². The molecule has 0 heterocycles. The molecule has 0 aliphatic carbocycles. The Hall–Kier alpha value is 0.280. The van der Waals surface area contributed by atoms with E-state index in [1.807, 2.05) is 0 Å². The summed E-state index contributed by atoms with van der Waals surface area (Å²) < 4.78 is -10.1. The second-order valence-corrected chi connectivity index (χ2v) is 16.8. The summed E-state index contributed by atoms with van der Waals surface area (Å²) >= 11 is 85.6. The zero-order valence-corrected chi connectivity index (χ0v) is 31.0. The summed E-state index contributed by atoms with van der Waals surface area (Å²) in [5, 5.41) is 0.215. The van der Waals surface area contributed by atoms with Gasteiger partial charge in [-0.2, -0.15) is 0 Å². The van der Waals surface area contributed by atoms with Crippen LogP contribution in [0.5, 0.6) is 0 Å². The van der Waals surface area contributed by atoms with Crippen molar-refractivity contribution < 1.29 is 0 Å². The van der Waals surface area contributed by atoms with Crippen LogP contribution in [0.1, 0.15) is 22.3 Å². The largest absolute Gasteiger partial charge is 0.318 e. The summed E-state index contributed by atoms with van der Waals surface area (Å²) in [6.45, 7) is 0. The number of rotatable bonds is 9. The van der Waals surface area contributed by atoms with E-state index >= 15 is 0 Å². The average molecular weight is 834 g/mol. The molecule has 0 aromatic heterocycles. The van der Waals surface area contributed by atoms with E-state index in [4.69, 9.17) is 151 Å². The van der Waals surface area contributed by atoms with Gasteiger partial charge in [0.05, 0.1) is 0 Å². The smallest absolute Gasteiger partial charge is 0.167 e. The van der Waals surface area contributed by atoms with Crippen LogP contribution in [0, 0.1) is 0 Å². The van der Waals surface area contributed by atoms with Gasteiger partial charge in [-0.15, -0.1) is 0 Å². The first-order valence-electron chi connectivity index (χ1n) is 12.4. The van der Waals surface area contributed by atoms with Crippen LogP contribution in [-0.4, -0.2) is 11.1 Å². The van der Waals surface area contributed by atoms with Gasteiger partial charge in [0.15, 0.2) is 17.3 Å². The van der Waals surface area contributed by atoms with Crippen LogP contribution in [0.3, 0.4) is 0 Å². The molecule has 0 atom stereocenters. The van der Waals surface area contributed by atoms with Crippen molar-refractivity contribution in [1.29, 1.82) is 0 Å². The number of alkyl halides is 8. The normalized spacial score (nSPS) is 13.7. The summed E-state index contributed by atoms with van der Waals surface area (Å²) in [4.78, 5) is 0. The summed E-state index contributed by atoms with van der Waals surface area (Å²) in [5.41, 5.74) is 9.44. The zero-order valence-electron chi connectivity index (χ0n) is 21.9. The molecule has 0 unspecified atom stereocenters. The molecule has 0 spiro atoms. The van der Waals surface area contributed by atoms with E-state index in [0.29, 0.717) is 0 Å². The standard InChI is InChI=1S/C30H20Cl12N2/c31-21-13-5-1-9-17(21)25(35,36)29(43,26(37,38)18-10-2-6-14-22(18)32)30(44,27(39,40)19-11-3-7-15-23(19)33)28(41,42)20-12-4-8-16-24(20)34/h1-16H,43-44H2. The van der Waals surface area contributed by atoms with Crippen molar-refractivity contribution in [3.05, 3.63) is 139 Å². The van der Waals surface area contributed by atoms with E-state index in [9.17, 15) is 0 Å². The van der Waals surface area contributed by atoms with Gasteiger partial charge >= 0.3 is 0 Å². The molecule has 2 nitrogen and oxygen atoms in total. The quantitative estimate of drug-likeness (QED) is 0.165. The van der Waals surface area contributed by atoms with Crippen molar-refractivity contribution in [3.8, 4) is 0 Å². The Morgan fingerprint density at radius 3 is 0.636 bits per heavy atom. The number of benzene rings is 4. The fourth-order valence-electron chi connectivity index (χ4n) is 5.10. The molecular weight excluding hydrogens is 814 g/mol. The van der Waals surface area contributed by atoms with Gasteiger partial charge in [-0.25, -0.2) is 0 Å². The van der Waals surface area contributed by atoms with Gasteiger partial charge in [0.1, 0.15) is 11.1 Å². The van der Waals surface area contributed by atoms with Crippen LogP contribution in [0.25, 0.3) is 0 Å². The molecule has 14 heteroatoms. The third-order valence-corrected chi connectivity index (χ3v) is 12.8. The minimum atomic E-state index is -2.78. The molecule has 0 radical (unpaired) electrons. The Labute approximate surface area is 315 Å². The third-order valence-electron chi connectivity index (χ3n) is 7.45. The lowest BCUT2D eigenvalue weighted by Crippen LogP contribution is -2.86. The van der Waals surface area contributed by atoms with Gasteiger partial charge in [-0.05, 0) is 24.3 Å². The average Bonchev–Trinajstić information content (AvgIpc) is 2.96. The van der Waals surface area contributed by atoms with Crippen LogP contribution in [-0.2, 0) is 17.3 Å². The van der Waals surface area contributed by atoms with Crippen molar-refractivity contribution in [1.82, 2.24) is 0 Å². The zero-order chi connectivity index (χ0) is 32.9. The highest BCUT2D eigenvalue weighted by Gasteiger charge is 2.81. The summed E-state index contributed by atoms with van der Waals surface area (Å²) in [6.07, 6.45) is 0. The van der Waals surface area contributed by atoms with Gasteiger partial charge in [0.2, 0.25) is 0 Å². The highest BCUT2D eigenvalue weighted by molar-refractivity contribution is 6.59. The molecule has 0 saturated carbocycles. The van der Waals surface area contributed by atoms with Gasteiger partial charge in [0.25, 0.3) is 0 Å². The van der Waals surface area contributed by atoms with Gasteiger partial charge < -0.3 is 11.5 Å². The van der Waals surface area contributed by atoms with Crippen LogP contribution in [0.4, 0.5) is 0 Å². The molecule has 44 heavy (non-hydrogen) atoms. The first-order chi connectivity index (χ1) is 20.3. The SMILES string of the molecule is NC(C(Cl)(Cl)c1ccccc1Cl)(C(Cl)(Cl)c1ccccc1Cl)C(N)(C(Cl)(Cl)c1ccccc1Cl)C(Cl)(Cl)c1ccccc1Cl. The van der Waals surface area contributed by atoms with Crippen molar-refractivity contribution in [2.75, 3.05) is 0 Å². The molecule has 234 valence electrons. The van der Waals surface area contributed by atoms with Crippen LogP contribution in [0.15, 0.2) is 97.1 Å². The van der Waals surface area contributed by atoms with E-state index in [1.54, 1.807) is 48.5 Å². The number of hydrogen-bond acceptors (Lipinski definition) is 2. The van der Waals surface area contributed by atoms with E-state index in [-0.39, 0.29) is 42.3 Å². The van der Waals surface area contributed by atoms with E-state index in [0.717, 1.165) is 0 Å². The van der Waals surface area contributed by atoms with Crippen molar-refractivity contribution in [3.63, 3.8) is 0 Å². The highest BCUT2D eigenvalue weighted by Crippen LogP contribution is 2.71. The molecule has 0 fully saturated rings. The van der Waals surface area contributed by atoms with E-state index < -0.39 is 28.4 Å². The molecule has 4 aromatic carbocycles. The van der Waals surface area contributed by atoms with Crippen molar-refractivity contribution in [2.45, 2.75) is 28.4 Å². The lowest BCUT2D eigenvalue weighted by atomic mass is 9.63. The highest BCUT2D eigenvalue weighted by atomic mass is 35.5. The first kappa shape index (κ1) is 37.1. The maximum atomic E-state index is 7.49. The van der Waals surface area contributed by atoms with Gasteiger partial charge in [0, 0.05) is 42.3 Å². The van der Waals surface area contributed by atoms with E-state index in [1.165, 1.54) is 48.5 Å². The number of nitrogens with two attached hydrogens (primary N) is 2. The predicted molar refractivity (Wildman–Crippen MR) is 193 cm³/mol. The molecular formula is C30H20Cl12N2. The maximum Gasteiger partial charge on any atom is 0.167 e. The fourth-order valence-corrected chi connectivity index (χ4v) is 10.6. The molecule has 4 rings (SSSR count). The Kier molecular flexibility index (Phi) is 11.2. The minimum absolute atomic E-state index is 0.00615. The first-order valence-corrected chi connectivity index (χ1v) is 16.9. The lowest BCUT2D eigenvalue weighted by molar-refractivity contribution is 0.128. The second kappa shape index (κ2) is 13.3. The van der Waals surface area contributed by atoms with Gasteiger partial charge in [-0.1, -0.05) is 212 Å². The topological polar surface area (TPSA) is 52.0 Å². The van der Waals surface area contributed by atoms with E-state index in [2.05, 4.69) is 0 Å². The third kappa shape index (κ3) is 5.61. The molecule has 4 aromatic rings. The number of hydrogen-bond donors (Lipinski definition) is 2. The lowest BCUT2D eigenvalue weighted by Gasteiger charge is -2.63. The summed E-state index contributed by atoms with van der Waals surface area (Å²) in [5.74, 6) is 0. The molecule has 0 aliphatic heterocycles. The molecule has 0 bridgehead atoms. The summed E-state index contributed by atoms with van der Waals surface area (Å²) in [7, 11) is 0. The molecule has 0 saturated heterocycles. The predicted octanol–water partition coefficient (Wildman–Crippen LogP) is 12.3. The minimum Gasteiger partial charge on any atom is -0.318 e. The monoisotopic (exact) mass is 828 g/mol. The Balaban J connectivity index is 2.31. The Bertz CT molecular complexity index is 1430. The van der Waals surface area contributed by atoms with Crippen LogP contribution in [0.2, 0.25) is 20.1 Å². The van der Waals surface area contributed by atoms with Crippen molar-refractivity contribution >= 4 is 139 Å². The second-order valence-electron chi connectivity index (χ2n) is 9.83. The van der Waals surface area contributed by atoms with Crippen LogP contribution < -0.4 is 11.5 Å². The molecule has 0 aliphatic rings. The Morgan fingerprint density at radius 1 is 0.318 bits per heavy atom. The fraction of sp³-hybridized carbons (Fsp3) is 0.200. The van der Waals surface area contributed by atoms with Gasteiger partial charge in [-0.3, -0.25) is 0 Å². The molecule has 0 amide bonds. The number of halogens is 12.